The summed E-state index contributed by atoms with van der Waals surface area (Å²) in [5.41, 5.74) is -1.12. The van der Waals surface area contributed by atoms with Crippen LogP contribution in [0.4, 0.5) is 17.6 Å². The lowest BCUT2D eigenvalue weighted by atomic mass is 9.81. The van der Waals surface area contributed by atoms with Crippen LogP contribution in [0.15, 0.2) is 42.6 Å². The summed E-state index contributed by atoms with van der Waals surface area (Å²) < 4.78 is 61.7. The van der Waals surface area contributed by atoms with Gasteiger partial charge >= 0.3 is 12.3 Å². The third-order valence-corrected chi connectivity index (χ3v) is 5.38. The van der Waals surface area contributed by atoms with E-state index in [1.165, 1.54) is 19.2 Å². The Bertz CT molecular complexity index is 1270. The standard InChI is InChI=1S/C22H17F4N3O5/c1-11-13(20(31)32)10-15(28-11)19(30)29-21(6-8-33-17-3-2-7-27-18(17)21)12-4-5-16(14(23)9-12)34-22(24,25)26/h2-5,7,9-10,28H,6,8H2,1H3,(H,29,30)(H,31,32). The summed E-state index contributed by atoms with van der Waals surface area (Å²) in [5, 5.41) is 12.0. The van der Waals surface area contributed by atoms with E-state index in [4.69, 9.17) is 4.74 Å². The van der Waals surface area contributed by atoms with Crippen molar-refractivity contribution in [2.24, 2.45) is 0 Å². The smallest absolute Gasteiger partial charge is 0.491 e. The summed E-state index contributed by atoms with van der Waals surface area (Å²) in [6, 6.07) is 7.16. The highest BCUT2D eigenvalue weighted by Crippen LogP contribution is 2.42. The van der Waals surface area contributed by atoms with Crippen LogP contribution in [0.2, 0.25) is 0 Å². The third kappa shape index (κ3) is 4.26. The molecule has 1 unspecified atom stereocenters. The number of pyridine rings is 1. The van der Waals surface area contributed by atoms with Crippen LogP contribution in [-0.2, 0) is 5.54 Å². The van der Waals surface area contributed by atoms with Gasteiger partial charge in [0.15, 0.2) is 11.6 Å². The number of nitrogens with zero attached hydrogens (tertiary/aromatic N) is 1. The first kappa shape index (κ1) is 23.1. The number of aromatic nitrogens is 2. The number of amides is 1. The fourth-order valence-electron chi connectivity index (χ4n) is 3.87. The van der Waals surface area contributed by atoms with Crippen LogP contribution < -0.4 is 14.8 Å². The molecule has 1 aliphatic heterocycles. The second kappa shape index (κ2) is 8.36. The number of carbonyl (C=O) groups excluding carboxylic acids is 1. The minimum atomic E-state index is -5.09. The van der Waals surface area contributed by atoms with Gasteiger partial charge in [-0.25, -0.2) is 9.18 Å². The van der Waals surface area contributed by atoms with Crippen molar-refractivity contribution in [3.8, 4) is 11.5 Å². The summed E-state index contributed by atoms with van der Waals surface area (Å²) in [6.07, 6.45) is -3.60. The second-order valence-corrected chi connectivity index (χ2v) is 7.53. The topological polar surface area (TPSA) is 114 Å². The van der Waals surface area contributed by atoms with Crippen molar-refractivity contribution in [1.29, 1.82) is 0 Å². The first-order valence-corrected chi connectivity index (χ1v) is 9.89. The highest BCUT2D eigenvalue weighted by molar-refractivity contribution is 5.98. The molecule has 3 N–H and O–H groups in total. The van der Waals surface area contributed by atoms with Gasteiger partial charge in [0.25, 0.3) is 5.91 Å². The number of nitrogens with one attached hydrogen (secondary N) is 2. The van der Waals surface area contributed by atoms with Crippen molar-refractivity contribution in [2.45, 2.75) is 25.2 Å². The number of ether oxygens (including phenoxy) is 2. The second-order valence-electron chi connectivity index (χ2n) is 7.53. The Balaban J connectivity index is 1.80. The first-order valence-electron chi connectivity index (χ1n) is 9.89. The van der Waals surface area contributed by atoms with Crippen molar-refractivity contribution >= 4 is 11.9 Å². The van der Waals surface area contributed by atoms with Crippen molar-refractivity contribution in [3.05, 3.63) is 76.6 Å². The predicted octanol–water partition coefficient (Wildman–Crippen LogP) is 3.91. The summed E-state index contributed by atoms with van der Waals surface area (Å²) in [6.45, 7) is 1.56. The number of aromatic carboxylic acids is 1. The lowest BCUT2D eigenvalue weighted by molar-refractivity contribution is -0.275. The monoisotopic (exact) mass is 479 g/mol. The number of alkyl halides is 3. The molecule has 0 bridgehead atoms. The SMILES string of the molecule is Cc1[nH]c(C(=O)NC2(c3ccc(OC(F)(F)F)c(F)c3)CCOc3cccnc32)cc1C(=O)O. The molecule has 3 aromatic rings. The van der Waals surface area contributed by atoms with Gasteiger partial charge in [-0.1, -0.05) is 6.07 Å². The van der Waals surface area contributed by atoms with Crippen molar-refractivity contribution < 1.29 is 41.7 Å². The lowest BCUT2D eigenvalue weighted by Crippen LogP contribution is -2.50. The van der Waals surface area contributed by atoms with Gasteiger partial charge in [-0.2, -0.15) is 0 Å². The number of fused-ring (bicyclic) bond motifs is 1. The molecule has 34 heavy (non-hydrogen) atoms. The Kier molecular flexibility index (Phi) is 5.67. The Hall–Kier alpha value is -4.09. The largest absolute Gasteiger partial charge is 0.573 e. The molecule has 0 radical (unpaired) electrons. The summed E-state index contributed by atoms with van der Waals surface area (Å²) >= 11 is 0. The number of aromatic amines is 1. The number of hydrogen-bond acceptors (Lipinski definition) is 5. The fourth-order valence-corrected chi connectivity index (χ4v) is 3.87. The first-order chi connectivity index (χ1) is 16.0. The number of hydrogen-bond donors (Lipinski definition) is 3. The average molecular weight is 479 g/mol. The van der Waals surface area contributed by atoms with Crippen molar-refractivity contribution in [1.82, 2.24) is 15.3 Å². The number of benzene rings is 1. The highest BCUT2D eigenvalue weighted by atomic mass is 19.4. The molecule has 2 aromatic heterocycles. The van der Waals surface area contributed by atoms with Crippen LogP contribution in [-0.4, -0.2) is 39.9 Å². The number of carboxylic acid groups (broad SMARTS) is 1. The maximum atomic E-state index is 14.6. The maximum absolute atomic E-state index is 14.6. The van der Waals surface area contributed by atoms with E-state index in [1.54, 1.807) is 12.1 Å². The molecule has 0 saturated carbocycles. The Morgan fingerprint density at radius 3 is 2.68 bits per heavy atom. The maximum Gasteiger partial charge on any atom is 0.573 e. The van der Waals surface area contributed by atoms with Crippen LogP contribution in [0.3, 0.4) is 0 Å². The Labute approximate surface area is 189 Å². The van der Waals surface area contributed by atoms with Gasteiger partial charge in [0.1, 0.15) is 22.7 Å². The van der Waals surface area contributed by atoms with Crippen LogP contribution in [0.5, 0.6) is 11.5 Å². The van der Waals surface area contributed by atoms with Crippen LogP contribution in [0.25, 0.3) is 0 Å². The quantitative estimate of drug-likeness (QED) is 0.479. The van der Waals surface area contributed by atoms with Gasteiger partial charge in [-0.05, 0) is 42.8 Å². The van der Waals surface area contributed by atoms with Gasteiger partial charge < -0.3 is 24.9 Å². The Morgan fingerprint density at radius 1 is 1.26 bits per heavy atom. The van der Waals surface area contributed by atoms with Crippen LogP contribution >= 0.6 is 0 Å². The van der Waals surface area contributed by atoms with Crippen LogP contribution in [0, 0.1) is 12.7 Å². The third-order valence-electron chi connectivity index (χ3n) is 5.38. The van der Waals surface area contributed by atoms with E-state index in [1.807, 2.05) is 0 Å². The molecule has 1 aliphatic rings. The van der Waals surface area contributed by atoms with Gasteiger partial charge in [-0.15, -0.1) is 13.2 Å². The molecule has 8 nitrogen and oxygen atoms in total. The molecule has 0 saturated heterocycles. The number of carbonyl (C=O) groups is 2. The van der Waals surface area contributed by atoms with Crippen molar-refractivity contribution in [3.63, 3.8) is 0 Å². The lowest BCUT2D eigenvalue weighted by Gasteiger charge is -2.39. The molecular formula is C22H17F4N3O5. The number of halogens is 4. The van der Waals surface area contributed by atoms with Crippen LogP contribution in [0.1, 0.15) is 44.2 Å². The van der Waals surface area contributed by atoms with E-state index in [2.05, 4.69) is 20.0 Å². The van der Waals surface area contributed by atoms with E-state index in [-0.39, 0.29) is 41.2 Å². The molecule has 1 amide bonds. The minimum Gasteiger partial charge on any atom is -0.491 e. The predicted molar refractivity (Wildman–Crippen MR) is 108 cm³/mol. The molecule has 1 aromatic carbocycles. The molecule has 4 rings (SSSR count). The van der Waals surface area contributed by atoms with Gasteiger partial charge in [0, 0.05) is 18.3 Å². The summed E-state index contributed by atoms with van der Waals surface area (Å²) in [7, 11) is 0. The minimum absolute atomic E-state index is 0.0626. The van der Waals surface area contributed by atoms with E-state index in [0.29, 0.717) is 5.75 Å². The molecule has 12 heteroatoms. The number of carboxylic acids is 1. The van der Waals surface area contributed by atoms with Gasteiger partial charge in [-0.3, -0.25) is 9.78 Å². The molecular weight excluding hydrogens is 462 g/mol. The number of rotatable bonds is 5. The number of aryl methyl sites for hydroxylation is 1. The zero-order valence-corrected chi connectivity index (χ0v) is 17.5. The molecule has 1 atom stereocenters. The molecule has 0 fully saturated rings. The highest BCUT2D eigenvalue weighted by Gasteiger charge is 2.43. The molecule has 178 valence electrons. The Morgan fingerprint density at radius 2 is 2.03 bits per heavy atom. The van der Waals surface area contributed by atoms with E-state index in [9.17, 15) is 32.3 Å². The molecule has 0 aliphatic carbocycles. The zero-order valence-electron chi connectivity index (χ0n) is 17.5. The molecule has 0 spiro atoms. The number of H-pyrrole nitrogens is 1. The average Bonchev–Trinajstić information content (AvgIpc) is 3.16. The summed E-state index contributed by atoms with van der Waals surface area (Å²) in [5.74, 6) is -4.00. The zero-order chi connectivity index (χ0) is 24.7. The fraction of sp³-hybridized carbons (Fsp3) is 0.227. The van der Waals surface area contributed by atoms with E-state index >= 15 is 0 Å². The van der Waals surface area contributed by atoms with Gasteiger partial charge in [0.2, 0.25) is 0 Å². The van der Waals surface area contributed by atoms with E-state index in [0.717, 1.165) is 18.2 Å². The molecule has 3 heterocycles. The van der Waals surface area contributed by atoms with E-state index < -0.39 is 35.3 Å². The van der Waals surface area contributed by atoms with Gasteiger partial charge in [0.05, 0.1) is 12.2 Å². The van der Waals surface area contributed by atoms with Crippen molar-refractivity contribution in [2.75, 3.05) is 6.61 Å². The normalized spacial score (nSPS) is 17.4. The summed E-state index contributed by atoms with van der Waals surface area (Å²) in [4.78, 5) is 31.5.